The van der Waals surface area contributed by atoms with Gasteiger partial charge in [-0.2, -0.15) is 0 Å². The highest BCUT2D eigenvalue weighted by molar-refractivity contribution is 5.88. The number of fused-ring (bicyclic) bond motifs is 3. The Balaban J connectivity index is 1.69. The molecule has 0 aliphatic heterocycles. The molecule has 0 aromatic heterocycles. The van der Waals surface area contributed by atoms with Gasteiger partial charge in [-0.1, -0.05) is 109 Å². The molecule has 0 fully saturated rings. The summed E-state index contributed by atoms with van der Waals surface area (Å²) in [6.07, 6.45) is 0. The number of rotatable bonds is 3. The Kier molecular flexibility index (Phi) is 4.22. The first-order valence-corrected chi connectivity index (χ1v) is 11.0. The van der Waals surface area contributed by atoms with Crippen LogP contribution in [0.25, 0.3) is 22.3 Å². The lowest BCUT2D eigenvalue weighted by Gasteiger charge is -2.33. The molecule has 1 aliphatic carbocycles. The molecule has 0 spiro atoms. The van der Waals surface area contributed by atoms with Crippen LogP contribution < -0.4 is 5.73 Å². The fraction of sp³-hybridized carbons (Fsp3) is 0.0323. The molecule has 2 N–H and O–H groups in total. The first-order valence-electron chi connectivity index (χ1n) is 11.0. The third-order valence-corrected chi connectivity index (χ3v) is 6.70. The van der Waals surface area contributed by atoms with Crippen LogP contribution in [0.1, 0.15) is 22.3 Å². The van der Waals surface area contributed by atoms with Crippen molar-refractivity contribution >= 4 is 5.69 Å². The normalized spacial score (nSPS) is 13.4. The number of hydrogen-bond donors (Lipinski definition) is 1. The van der Waals surface area contributed by atoms with Gasteiger partial charge < -0.3 is 5.73 Å². The average Bonchev–Trinajstić information content (AvgIpc) is 3.16. The van der Waals surface area contributed by atoms with E-state index >= 15 is 0 Å². The number of benzene rings is 5. The third kappa shape index (κ3) is 2.65. The van der Waals surface area contributed by atoms with E-state index in [1.165, 1.54) is 44.5 Å². The summed E-state index contributed by atoms with van der Waals surface area (Å²) in [5.41, 5.74) is 16.6. The predicted molar refractivity (Wildman–Crippen MR) is 134 cm³/mol. The van der Waals surface area contributed by atoms with Crippen molar-refractivity contribution in [2.75, 3.05) is 5.73 Å². The maximum atomic E-state index is 5.92. The third-order valence-electron chi connectivity index (χ3n) is 6.70. The van der Waals surface area contributed by atoms with Gasteiger partial charge in [0.25, 0.3) is 0 Å². The van der Waals surface area contributed by atoms with Crippen LogP contribution in [0.2, 0.25) is 0 Å². The van der Waals surface area contributed by atoms with E-state index in [9.17, 15) is 0 Å². The van der Waals surface area contributed by atoms with Gasteiger partial charge in [0.15, 0.2) is 0 Å². The van der Waals surface area contributed by atoms with Crippen LogP contribution in [0.3, 0.4) is 0 Å². The minimum Gasteiger partial charge on any atom is -0.399 e. The standard InChI is InChI=1S/C31H23N/c32-26-18-15-22(16-19-26)23-17-20-30-28(21-23)27-13-7-8-14-29(27)31(30,24-9-3-1-4-10-24)25-11-5-2-6-12-25/h1-21H,32H2. The Morgan fingerprint density at radius 3 is 1.62 bits per heavy atom. The van der Waals surface area contributed by atoms with E-state index in [4.69, 9.17) is 5.73 Å². The molecule has 0 atom stereocenters. The van der Waals surface area contributed by atoms with Crippen molar-refractivity contribution in [2.24, 2.45) is 0 Å². The van der Waals surface area contributed by atoms with E-state index < -0.39 is 0 Å². The fourth-order valence-electron chi connectivity index (χ4n) is 5.30. The summed E-state index contributed by atoms with van der Waals surface area (Å²) < 4.78 is 0. The lowest BCUT2D eigenvalue weighted by Crippen LogP contribution is -2.28. The molecule has 32 heavy (non-hydrogen) atoms. The van der Waals surface area contributed by atoms with Crippen LogP contribution in [0, 0.1) is 0 Å². The van der Waals surface area contributed by atoms with E-state index in [1.807, 2.05) is 12.1 Å². The molecule has 1 heteroatoms. The van der Waals surface area contributed by atoms with Crippen LogP contribution >= 0.6 is 0 Å². The summed E-state index contributed by atoms with van der Waals surface area (Å²) in [4.78, 5) is 0. The predicted octanol–water partition coefficient (Wildman–Crippen LogP) is 7.30. The highest BCUT2D eigenvalue weighted by atomic mass is 14.5. The van der Waals surface area contributed by atoms with Crippen molar-refractivity contribution in [1.82, 2.24) is 0 Å². The van der Waals surface area contributed by atoms with Crippen LogP contribution in [-0.4, -0.2) is 0 Å². The van der Waals surface area contributed by atoms with Crippen molar-refractivity contribution in [3.8, 4) is 22.3 Å². The SMILES string of the molecule is Nc1ccc(-c2ccc3c(c2)-c2ccccc2C3(c2ccccc2)c2ccccc2)cc1. The van der Waals surface area contributed by atoms with Gasteiger partial charge in [-0.3, -0.25) is 0 Å². The topological polar surface area (TPSA) is 26.0 Å². The lowest BCUT2D eigenvalue weighted by atomic mass is 9.67. The van der Waals surface area contributed by atoms with Gasteiger partial charge in [0.05, 0.1) is 5.41 Å². The lowest BCUT2D eigenvalue weighted by molar-refractivity contribution is 0.768. The first kappa shape index (κ1) is 18.7. The zero-order valence-corrected chi connectivity index (χ0v) is 17.7. The van der Waals surface area contributed by atoms with E-state index in [0.717, 1.165) is 5.69 Å². The van der Waals surface area contributed by atoms with Gasteiger partial charge in [0.1, 0.15) is 0 Å². The second-order valence-electron chi connectivity index (χ2n) is 8.41. The Hall–Kier alpha value is -4.10. The Labute approximate surface area is 188 Å². The summed E-state index contributed by atoms with van der Waals surface area (Å²) in [6, 6.07) is 45.7. The Morgan fingerprint density at radius 1 is 0.438 bits per heavy atom. The van der Waals surface area contributed by atoms with Crippen molar-refractivity contribution < 1.29 is 0 Å². The van der Waals surface area contributed by atoms with Gasteiger partial charge in [0, 0.05) is 5.69 Å². The molecule has 0 radical (unpaired) electrons. The van der Waals surface area contributed by atoms with Crippen molar-refractivity contribution in [1.29, 1.82) is 0 Å². The van der Waals surface area contributed by atoms with E-state index in [2.05, 4.69) is 115 Å². The van der Waals surface area contributed by atoms with Crippen molar-refractivity contribution in [2.45, 2.75) is 5.41 Å². The summed E-state index contributed by atoms with van der Waals surface area (Å²) >= 11 is 0. The first-order chi connectivity index (χ1) is 15.8. The largest absolute Gasteiger partial charge is 0.399 e. The highest BCUT2D eigenvalue weighted by Gasteiger charge is 2.45. The zero-order chi connectivity index (χ0) is 21.5. The molecular formula is C31H23N. The summed E-state index contributed by atoms with van der Waals surface area (Å²) in [5, 5.41) is 0. The molecular weight excluding hydrogens is 386 g/mol. The van der Waals surface area contributed by atoms with Crippen LogP contribution in [0.15, 0.2) is 127 Å². The minimum atomic E-state index is -0.339. The molecule has 0 saturated heterocycles. The van der Waals surface area contributed by atoms with E-state index in [-0.39, 0.29) is 5.41 Å². The van der Waals surface area contributed by atoms with Crippen molar-refractivity contribution in [3.05, 3.63) is 150 Å². The monoisotopic (exact) mass is 409 g/mol. The second kappa shape index (κ2) is 7.25. The Bertz CT molecular complexity index is 1360. The molecule has 0 heterocycles. The van der Waals surface area contributed by atoms with Gasteiger partial charge in [0.2, 0.25) is 0 Å². The van der Waals surface area contributed by atoms with E-state index in [0.29, 0.717) is 0 Å². The van der Waals surface area contributed by atoms with Gasteiger partial charge in [-0.05, 0) is 62.7 Å². The molecule has 152 valence electrons. The maximum Gasteiger partial charge on any atom is 0.0713 e. The molecule has 6 rings (SSSR count). The second-order valence-corrected chi connectivity index (χ2v) is 8.41. The van der Waals surface area contributed by atoms with Gasteiger partial charge in [-0.25, -0.2) is 0 Å². The quantitative estimate of drug-likeness (QED) is 0.305. The smallest absolute Gasteiger partial charge is 0.0713 e. The minimum absolute atomic E-state index is 0.339. The molecule has 0 bridgehead atoms. The van der Waals surface area contributed by atoms with Gasteiger partial charge >= 0.3 is 0 Å². The highest BCUT2D eigenvalue weighted by Crippen LogP contribution is 2.56. The average molecular weight is 410 g/mol. The number of hydrogen-bond acceptors (Lipinski definition) is 1. The zero-order valence-electron chi connectivity index (χ0n) is 17.7. The van der Waals surface area contributed by atoms with E-state index in [1.54, 1.807) is 0 Å². The Morgan fingerprint density at radius 2 is 0.969 bits per heavy atom. The number of nitrogen functional groups attached to an aromatic ring is 1. The molecule has 0 unspecified atom stereocenters. The molecule has 5 aromatic carbocycles. The molecule has 0 saturated carbocycles. The number of nitrogens with two attached hydrogens (primary N) is 1. The fourth-order valence-corrected chi connectivity index (χ4v) is 5.30. The van der Waals surface area contributed by atoms with Crippen molar-refractivity contribution in [3.63, 3.8) is 0 Å². The van der Waals surface area contributed by atoms with Crippen LogP contribution in [0.4, 0.5) is 5.69 Å². The number of anilines is 1. The van der Waals surface area contributed by atoms with Crippen LogP contribution in [-0.2, 0) is 5.41 Å². The maximum absolute atomic E-state index is 5.92. The molecule has 1 aliphatic rings. The van der Waals surface area contributed by atoms with Crippen LogP contribution in [0.5, 0.6) is 0 Å². The van der Waals surface area contributed by atoms with Gasteiger partial charge in [-0.15, -0.1) is 0 Å². The summed E-state index contributed by atoms with van der Waals surface area (Å²) in [5.74, 6) is 0. The summed E-state index contributed by atoms with van der Waals surface area (Å²) in [6.45, 7) is 0. The summed E-state index contributed by atoms with van der Waals surface area (Å²) in [7, 11) is 0. The molecule has 1 nitrogen and oxygen atoms in total. The molecule has 5 aromatic rings. The molecule has 0 amide bonds.